The summed E-state index contributed by atoms with van der Waals surface area (Å²) in [6, 6.07) is 11.4. The Bertz CT molecular complexity index is 537. The first-order valence-corrected chi connectivity index (χ1v) is 5.98. The second-order valence-corrected chi connectivity index (χ2v) is 4.12. The molecule has 0 saturated carbocycles. The van der Waals surface area contributed by atoms with E-state index in [-0.39, 0.29) is 12.1 Å². The summed E-state index contributed by atoms with van der Waals surface area (Å²) >= 11 is 0. The van der Waals surface area contributed by atoms with Gasteiger partial charge in [0.25, 0.3) is 0 Å². The standard InChI is InChI=1S/C15H15F2NO/c1-19-15-8-3-2-5-11(15)9-18-10-12-13(16)6-4-7-14(12)17/h2-8,18H,9-10H2,1H3. The van der Waals surface area contributed by atoms with Gasteiger partial charge in [-0.2, -0.15) is 0 Å². The highest BCUT2D eigenvalue weighted by Gasteiger charge is 2.08. The van der Waals surface area contributed by atoms with Gasteiger partial charge in [0.2, 0.25) is 0 Å². The van der Waals surface area contributed by atoms with Crippen LogP contribution in [-0.4, -0.2) is 7.11 Å². The number of hydrogen-bond acceptors (Lipinski definition) is 2. The molecule has 0 radical (unpaired) electrons. The number of rotatable bonds is 5. The first-order chi connectivity index (χ1) is 9.22. The molecular weight excluding hydrogens is 248 g/mol. The number of hydrogen-bond donors (Lipinski definition) is 1. The minimum Gasteiger partial charge on any atom is -0.496 e. The van der Waals surface area contributed by atoms with Crippen molar-refractivity contribution < 1.29 is 13.5 Å². The molecule has 19 heavy (non-hydrogen) atoms. The van der Waals surface area contributed by atoms with Crippen molar-refractivity contribution in [3.05, 3.63) is 65.2 Å². The molecule has 0 aliphatic rings. The van der Waals surface area contributed by atoms with Crippen LogP contribution < -0.4 is 10.1 Å². The molecule has 0 heterocycles. The molecule has 2 nitrogen and oxygen atoms in total. The van der Waals surface area contributed by atoms with E-state index < -0.39 is 11.6 Å². The fraction of sp³-hybridized carbons (Fsp3) is 0.200. The van der Waals surface area contributed by atoms with Crippen LogP contribution in [-0.2, 0) is 13.1 Å². The normalized spacial score (nSPS) is 10.5. The van der Waals surface area contributed by atoms with E-state index in [0.29, 0.717) is 6.54 Å². The number of methoxy groups -OCH3 is 1. The lowest BCUT2D eigenvalue weighted by Gasteiger charge is -2.10. The van der Waals surface area contributed by atoms with E-state index in [2.05, 4.69) is 5.32 Å². The summed E-state index contributed by atoms with van der Waals surface area (Å²) in [6.45, 7) is 0.619. The first kappa shape index (κ1) is 13.5. The highest BCUT2D eigenvalue weighted by Crippen LogP contribution is 2.17. The Morgan fingerprint density at radius 1 is 0.947 bits per heavy atom. The maximum absolute atomic E-state index is 13.4. The molecule has 0 bridgehead atoms. The quantitative estimate of drug-likeness (QED) is 0.894. The third-order valence-corrected chi connectivity index (χ3v) is 2.87. The monoisotopic (exact) mass is 263 g/mol. The topological polar surface area (TPSA) is 21.3 Å². The molecule has 0 amide bonds. The second kappa shape index (κ2) is 6.29. The molecule has 1 N–H and O–H groups in total. The van der Waals surface area contributed by atoms with Gasteiger partial charge in [-0.15, -0.1) is 0 Å². The lowest BCUT2D eigenvalue weighted by molar-refractivity contribution is 0.407. The molecule has 100 valence electrons. The molecule has 0 aromatic heterocycles. The summed E-state index contributed by atoms with van der Waals surface area (Å²) < 4.78 is 32.0. The molecule has 0 atom stereocenters. The van der Waals surface area contributed by atoms with E-state index in [0.717, 1.165) is 11.3 Å². The second-order valence-electron chi connectivity index (χ2n) is 4.12. The largest absolute Gasteiger partial charge is 0.496 e. The van der Waals surface area contributed by atoms with Crippen LogP contribution in [0.15, 0.2) is 42.5 Å². The molecule has 4 heteroatoms. The smallest absolute Gasteiger partial charge is 0.130 e. The third kappa shape index (κ3) is 3.29. The van der Waals surface area contributed by atoms with E-state index in [1.807, 2.05) is 24.3 Å². The van der Waals surface area contributed by atoms with Crippen molar-refractivity contribution in [2.75, 3.05) is 7.11 Å². The van der Waals surface area contributed by atoms with Crippen LogP contribution in [0.5, 0.6) is 5.75 Å². The van der Waals surface area contributed by atoms with Crippen molar-refractivity contribution in [1.82, 2.24) is 5.32 Å². The highest BCUT2D eigenvalue weighted by molar-refractivity contribution is 5.33. The van der Waals surface area contributed by atoms with Gasteiger partial charge in [0.1, 0.15) is 17.4 Å². The van der Waals surface area contributed by atoms with Gasteiger partial charge in [-0.3, -0.25) is 0 Å². The van der Waals surface area contributed by atoms with Gasteiger partial charge in [-0.1, -0.05) is 24.3 Å². The van der Waals surface area contributed by atoms with Crippen molar-refractivity contribution in [1.29, 1.82) is 0 Å². The minimum atomic E-state index is -0.535. The molecule has 0 spiro atoms. The Hall–Kier alpha value is -1.94. The predicted octanol–water partition coefficient (Wildman–Crippen LogP) is 3.26. The third-order valence-electron chi connectivity index (χ3n) is 2.87. The van der Waals surface area contributed by atoms with Crippen molar-refractivity contribution >= 4 is 0 Å². The van der Waals surface area contributed by atoms with Gasteiger partial charge in [0.05, 0.1) is 7.11 Å². The van der Waals surface area contributed by atoms with Crippen LogP contribution in [0.2, 0.25) is 0 Å². The summed E-state index contributed by atoms with van der Waals surface area (Å²) in [5.41, 5.74) is 0.999. The number of ether oxygens (including phenoxy) is 1. The minimum absolute atomic E-state index is 0.0531. The molecule has 0 unspecified atom stereocenters. The van der Waals surface area contributed by atoms with Crippen LogP contribution >= 0.6 is 0 Å². The Morgan fingerprint density at radius 3 is 2.32 bits per heavy atom. The van der Waals surface area contributed by atoms with Gasteiger partial charge in [-0.25, -0.2) is 8.78 Å². The molecular formula is C15H15F2NO. The van der Waals surface area contributed by atoms with Crippen LogP contribution in [0, 0.1) is 11.6 Å². The molecule has 0 aliphatic heterocycles. The van der Waals surface area contributed by atoms with Crippen molar-refractivity contribution in [2.45, 2.75) is 13.1 Å². The molecule has 0 saturated heterocycles. The summed E-state index contributed by atoms with van der Waals surface area (Å²) in [5.74, 6) is -0.316. The summed E-state index contributed by atoms with van der Waals surface area (Å²) in [7, 11) is 1.59. The maximum atomic E-state index is 13.4. The van der Waals surface area contributed by atoms with E-state index in [4.69, 9.17) is 4.74 Å². The van der Waals surface area contributed by atoms with Crippen LogP contribution in [0.25, 0.3) is 0 Å². The SMILES string of the molecule is COc1ccccc1CNCc1c(F)cccc1F. The average Bonchev–Trinajstić information content (AvgIpc) is 2.42. The average molecular weight is 263 g/mol. The number of nitrogens with one attached hydrogen (secondary N) is 1. The zero-order valence-corrected chi connectivity index (χ0v) is 10.6. The first-order valence-electron chi connectivity index (χ1n) is 5.98. The van der Waals surface area contributed by atoms with Gasteiger partial charge in [0, 0.05) is 24.2 Å². The van der Waals surface area contributed by atoms with Gasteiger partial charge < -0.3 is 10.1 Å². The highest BCUT2D eigenvalue weighted by atomic mass is 19.1. The lowest BCUT2D eigenvalue weighted by Crippen LogP contribution is -2.15. The predicted molar refractivity (Wildman–Crippen MR) is 69.9 cm³/mol. The van der Waals surface area contributed by atoms with Gasteiger partial charge in [-0.05, 0) is 18.2 Å². The van der Waals surface area contributed by atoms with E-state index >= 15 is 0 Å². The van der Waals surface area contributed by atoms with Crippen LogP contribution in [0.4, 0.5) is 8.78 Å². The molecule has 2 aromatic rings. The Labute approximate surface area is 111 Å². The van der Waals surface area contributed by atoms with Crippen LogP contribution in [0.1, 0.15) is 11.1 Å². The number of benzene rings is 2. The van der Waals surface area contributed by atoms with E-state index in [1.54, 1.807) is 7.11 Å². The zero-order valence-electron chi connectivity index (χ0n) is 10.6. The van der Waals surface area contributed by atoms with Crippen molar-refractivity contribution in [3.63, 3.8) is 0 Å². The summed E-state index contributed by atoms with van der Waals surface area (Å²) in [4.78, 5) is 0. The lowest BCUT2D eigenvalue weighted by atomic mass is 10.1. The number of halogens is 2. The zero-order chi connectivity index (χ0) is 13.7. The Morgan fingerprint density at radius 2 is 1.63 bits per heavy atom. The molecule has 0 fully saturated rings. The molecule has 0 aliphatic carbocycles. The Balaban J connectivity index is 2.00. The van der Waals surface area contributed by atoms with Gasteiger partial charge in [0.15, 0.2) is 0 Å². The van der Waals surface area contributed by atoms with E-state index in [1.165, 1.54) is 18.2 Å². The summed E-state index contributed by atoms with van der Waals surface area (Å²) in [6.07, 6.45) is 0. The number of para-hydroxylation sites is 1. The van der Waals surface area contributed by atoms with Crippen molar-refractivity contribution in [3.8, 4) is 5.75 Å². The Kier molecular flexibility index (Phi) is 4.47. The molecule has 2 aromatic carbocycles. The maximum Gasteiger partial charge on any atom is 0.130 e. The fourth-order valence-electron chi connectivity index (χ4n) is 1.87. The summed E-state index contributed by atoms with van der Waals surface area (Å²) in [5, 5.41) is 3.01. The fourth-order valence-corrected chi connectivity index (χ4v) is 1.87. The molecule has 2 rings (SSSR count). The van der Waals surface area contributed by atoms with Crippen molar-refractivity contribution in [2.24, 2.45) is 0 Å². The van der Waals surface area contributed by atoms with E-state index in [9.17, 15) is 8.78 Å². The van der Waals surface area contributed by atoms with Gasteiger partial charge >= 0.3 is 0 Å². The van der Waals surface area contributed by atoms with Crippen LogP contribution in [0.3, 0.4) is 0 Å².